The van der Waals surface area contributed by atoms with Gasteiger partial charge in [-0.05, 0) is 37.6 Å². The number of nitrogens with two attached hydrogens (primary N) is 1. The van der Waals surface area contributed by atoms with E-state index in [9.17, 15) is 0 Å². The van der Waals surface area contributed by atoms with Gasteiger partial charge in [0.2, 0.25) is 0 Å². The van der Waals surface area contributed by atoms with E-state index in [1.807, 2.05) is 7.11 Å². The number of rotatable bonds is 5. The first-order valence-corrected chi connectivity index (χ1v) is 8.10. The number of likely N-dealkylation sites (N-methyl/N-ethyl adjacent to an activating group) is 1. The minimum atomic E-state index is -0.0324. The number of methoxy groups -OCH3 is 1. The van der Waals surface area contributed by atoms with Gasteiger partial charge in [0, 0.05) is 24.7 Å². The van der Waals surface area contributed by atoms with Gasteiger partial charge in [-0.25, -0.2) is 0 Å². The molecule has 0 radical (unpaired) electrons. The molecule has 112 valence electrons. The second-order valence-corrected chi connectivity index (χ2v) is 6.68. The quantitative estimate of drug-likeness (QED) is 0.894. The van der Waals surface area contributed by atoms with Crippen molar-refractivity contribution in [3.63, 3.8) is 0 Å². The third-order valence-electron chi connectivity index (χ3n) is 4.63. The summed E-state index contributed by atoms with van der Waals surface area (Å²) in [4.78, 5) is 2.39. The van der Waals surface area contributed by atoms with Crippen molar-refractivity contribution in [2.45, 2.75) is 43.9 Å². The van der Waals surface area contributed by atoms with Crippen LogP contribution in [0.25, 0.3) is 0 Å². The lowest BCUT2D eigenvalue weighted by atomic mass is 9.77. The molecule has 0 bridgehead atoms. The van der Waals surface area contributed by atoms with Gasteiger partial charge in [0.15, 0.2) is 0 Å². The molecule has 1 aliphatic carbocycles. The Morgan fingerprint density at radius 3 is 2.90 bits per heavy atom. The van der Waals surface area contributed by atoms with Gasteiger partial charge < -0.3 is 10.5 Å². The van der Waals surface area contributed by atoms with E-state index in [2.05, 4.69) is 52.1 Å². The Labute approximate surface area is 130 Å². The van der Waals surface area contributed by atoms with E-state index in [1.165, 1.54) is 18.4 Å². The smallest absolute Gasteiger partial charge is 0.0767 e. The average molecular weight is 341 g/mol. The van der Waals surface area contributed by atoms with Crippen LogP contribution in [-0.2, 0) is 11.3 Å². The zero-order valence-corrected chi connectivity index (χ0v) is 14.0. The highest BCUT2D eigenvalue weighted by atomic mass is 79.9. The Balaban J connectivity index is 2.17. The molecule has 2 unspecified atom stereocenters. The van der Waals surface area contributed by atoms with Gasteiger partial charge in [0.25, 0.3) is 0 Å². The maximum atomic E-state index is 6.16. The van der Waals surface area contributed by atoms with Crippen molar-refractivity contribution < 1.29 is 4.74 Å². The lowest BCUT2D eigenvalue weighted by Gasteiger charge is -2.49. The largest absolute Gasteiger partial charge is 0.379 e. The van der Waals surface area contributed by atoms with Crippen molar-refractivity contribution >= 4 is 15.9 Å². The molecular weight excluding hydrogens is 316 g/mol. The molecule has 3 nitrogen and oxygen atoms in total. The molecular formula is C16H25BrN2O. The molecule has 4 heteroatoms. The fourth-order valence-corrected chi connectivity index (χ4v) is 3.87. The molecule has 0 spiro atoms. The Kier molecular flexibility index (Phi) is 5.61. The summed E-state index contributed by atoms with van der Waals surface area (Å²) in [5.74, 6) is 0. The van der Waals surface area contributed by atoms with Gasteiger partial charge in [-0.1, -0.05) is 40.9 Å². The van der Waals surface area contributed by atoms with Crippen molar-refractivity contribution in [3.05, 3.63) is 34.3 Å². The number of ether oxygens (including phenoxy) is 1. The molecule has 0 aromatic heterocycles. The summed E-state index contributed by atoms with van der Waals surface area (Å²) in [6.07, 6.45) is 4.94. The maximum Gasteiger partial charge on any atom is 0.0767 e. The van der Waals surface area contributed by atoms with E-state index in [0.717, 1.165) is 23.9 Å². The summed E-state index contributed by atoms with van der Waals surface area (Å²) in [5.41, 5.74) is 7.43. The highest BCUT2D eigenvalue weighted by Gasteiger charge is 2.43. The van der Waals surface area contributed by atoms with Crippen molar-refractivity contribution in [2.24, 2.45) is 5.73 Å². The number of hydrogen-bond acceptors (Lipinski definition) is 3. The van der Waals surface area contributed by atoms with E-state index in [4.69, 9.17) is 10.5 Å². The van der Waals surface area contributed by atoms with Gasteiger partial charge in [0.1, 0.15) is 0 Å². The molecule has 1 saturated carbocycles. The van der Waals surface area contributed by atoms with Crippen molar-refractivity contribution in [1.82, 2.24) is 4.90 Å². The van der Waals surface area contributed by atoms with Gasteiger partial charge in [-0.3, -0.25) is 4.90 Å². The van der Waals surface area contributed by atoms with Crippen LogP contribution in [0.5, 0.6) is 0 Å². The van der Waals surface area contributed by atoms with Crippen molar-refractivity contribution in [3.8, 4) is 0 Å². The Bertz CT molecular complexity index is 440. The summed E-state index contributed by atoms with van der Waals surface area (Å²) in [6.45, 7) is 1.55. The van der Waals surface area contributed by atoms with Gasteiger partial charge in [-0.2, -0.15) is 0 Å². The van der Waals surface area contributed by atoms with Crippen LogP contribution in [0.15, 0.2) is 28.7 Å². The lowest BCUT2D eigenvalue weighted by molar-refractivity contribution is -0.0688. The van der Waals surface area contributed by atoms with Gasteiger partial charge >= 0.3 is 0 Å². The van der Waals surface area contributed by atoms with Crippen LogP contribution in [0, 0.1) is 0 Å². The Hall–Kier alpha value is -0.420. The summed E-state index contributed by atoms with van der Waals surface area (Å²) < 4.78 is 6.87. The fraction of sp³-hybridized carbons (Fsp3) is 0.625. The highest BCUT2D eigenvalue weighted by Crippen LogP contribution is 2.35. The fourth-order valence-electron chi connectivity index (χ4n) is 3.42. The van der Waals surface area contributed by atoms with Crippen LogP contribution in [0.3, 0.4) is 0 Å². The van der Waals surface area contributed by atoms with E-state index in [0.29, 0.717) is 6.54 Å². The molecule has 20 heavy (non-hydrogen) atoms. The summed E-state index contributed by atoms with van der Waals surface area (Å²) in [6, 6.07) is 8.47. The molecule has 2 N–H and O–H groups in total. The van der Waals surface area contributed by atoms with Gasteiger partial charge in [0.05, 0.1) is 11.6 Å². The van der Waals surface area contributed by atoms with Crippen molar-refractivity contribution in [1.29, 1.82) is 0 Å². The van der Waals surface area contributed by atoms with E-state index >= 15 is 0 Å². The predicted octanol–water partition coefficient (Wildman–Crippen LogP) is 3.17. The van der Waals surface area contributed by atoms with Crippen LogP contribution in [0.1, 0.15) is 31.2 Å². The maximum absolute atomic E-state index is 6.16. The monoisotopic (exact) mass is 340 g/mol. The number of halogens is 1. The minimum absolute atomic E-state index is 0.0324. The summed E-state index contributed by atoms with van der Waals surface area (Å²) in [7, 11) is 3.98. The number of nitrogens with zero attached hydrogens (tertiary/aromatic N) is 1. The third kappa shape index (κ3) is 3.25. The second kappa shape index (κ2) is 7.03. The molecule has 2 rings (SSSR count). The molecule has 1 aromatic carbocycles. The molecule has 0 aliphatic heterocycles. The van der Waals surface area contributed by atoms with E-state index in [-0.39, 0.29) is 11.6 Å². The molecule has 1 aromatic rings. The summed E-state index contributed by atoms with van der Waals surface area (Å²) in [5, 5.41) is 0. The van der Waals surface area contributed by atoms with Crippen LogP contribution in [0.2, 0.25) is 0 Å². The molecule has 0 amide bonds. The van der Waals surface area contributed by atoms with Gasteiger partial charge in [-0.15, -0.1) is 0 Å². The van der Waals surface area contributed by atoms with Crippen LogP contribution < -0.4 is 5.73 Å². The van der Waals surface area contributed by atoms with Crippen molar-refractivity contribution in [2.75, 3.05) is 20.7 Å². The first kappa shape index (κ1) is 16.0. The zero-order valence-electron chi connectivity index (χ0n) is 12.4. The zero-order chi connectivity index (χ0) is 14.6. The summed E-state index contributed by atoms with van der Waals surface area (Å²) >= 11 is 3.54. The number of hydrogen-bond donors (Lipinski definition) is 1. The molecule has 0 saturated heterocycles. The average Bonchev–Trinajstić information content (AvgIpc) is 2.46. The molecule has 1 aliphatic rings. The van der Waals surface area contributed by atoms with Crippen LogP contribution in [-0.4, -0.2) is 37.2 Å². The SMILES string of the molecule is COC1CCCCC1(CN)N(C)Cc1cccc(Br)c1. The topological polar surface area (TPSA) is 38.5 Å². The first-order valence-electron chi connectivity index (χ1n) is 7.31. The normalized spacial score (nSPS) is 26.9. The standard InChI is InChI=1S/C16H25BrN2O/c1-19(11-13-6-5-7-14(17)10-13)16(12-18)9-4-3-8-15(16)20-2/h5-7,10,15H,3-4,8-9,11-12,18H2,1-2H3. The minimum Gasteiger partial charge on any atom is -0.379 e. The Morgan fingerprint density at radius 1 is 1.45 bits per heavy atom. The molecule has 0 heterocycles. The number of benzene rings is 1. The molecule has 2 atom stereocenters. The highest BCUT2D eigenvalue weighted by molar-refractivity contribution is 9.10. The van der Waals surface area contributed by atoms with Crippen LogP contribution >= 0.6 is 15.9 Å². The third-order valence-corrected chi connectivity index (χ3v) is 5.13. The lowest BCUT2D eigenvalue weighted by Crippen LogP contribution is -2.61. The predicted molar refractivity (Wildman–Crippen MR) is 86.7 cm³/mol. The second-order valence-electron chi connectivity index (χ2n) is 5.76. The van der Waals surface area contributed by atoms with Crippen LogP contribution in [0.4, 0.5) is 0 Å². The van der Waals surface area contributed by atoms with E-state index < -0.39 is 0 Å². The molecule has 1 fully saturated rings. The Morgan fingerprint density at radius 2 is 2.25 bits per heavy atom. The first-order chi connectivity index (χ1) is 9.62. The van der Waals surface area contributed by atoms with E-state index in [1.54, 1.807) is 0 Å².